The third-order valence-electron chi connectivity index (χ3n) is 5.98. The number of benzene rings is 1. The van der Waals surface area contributed by atoms with Crippen LogP contribution in [0, 0.1) is 13.8 Å². The highest BCUT2D eigenvalue weighted by Gasteiger charge is 2.18. The zero-order valence-electron chi connectivity index (χ0n) is 22.4. The molecule has 0 aliphatic carbocycles. The number of ether oxygens (including phenoxy) is 1. The molecule has 0 bridgehead atoms. The zero-order chi connectivity index (χ0) is 27.1. The highest BCUT2D eigenvalue weighted by molar-refractivity contribution is 5.76. The van der Waals surface area contributed by atoms with Gasteiger partial charge in [0.1, 0.15) is 30.9 Å². The normalized spacial score (nSPS) is 12.0. The smallest absolute Gasteiger partial charge is 0.258 e. The number of hydrogen-bond acceptors (Lipinski definition) is 9. The molecular formula is C27H37N5O5. The average molecular weight is 512 g/mol. The highest BCUT2D eigenvalue weighted by atomic mass is 16.5. The van der Waals surface area contributed by atoms with E-state index in [1.807, 2.05) is 45.2 Å². The largest absolute Gasteiger partial charge is 0.490 e. The molecule has 10 nitrogen and oxygen atoms in total. The predicted molar refractivity (Wildman–Crippen MR) is 142 cm³/mol. The zero-order valence-corrected chi connectivity index (χ0v) is 22.4. The number of nitrogens with one attached hydrogen (secondary N) is 1. The molecule has 0 unspecified atom stereocenters. The Kier molecular flexibility index (Phi) is 9.60. The van der Waals surface area contributed by atoms with Gasteiger partial charge in [0.15, 0.2) is 0 Å². The van der Waals surface area contributed by atoms with Crippen molar-refractivity contribution in [3.8, 4) is 28.6 Å². The molecule has 2 aromatic heterocycles. The third-order valence-corrected chi connectivity index (χ3v) is 5.98. The molecule has 1 atom stereocenters. The molecule has 2 heterocycles. The van der Waals surface area contributed by atoms with E-state index < -0.39 is 18.6 Å². The number of anilines is 1. The molecule has 0 saturated heterocycles. The minimum Gasteiger partial charge on any atom is -0.490 e. The second-order valence-corrected chi connectivity index (χ2v) is 9.44. The van der Waals surface area contributed by atoms with E-state index in [1.54, 1.807) is 0 Å². The van der Waals surface area contributed by atoms with Crippen LogP contribution in [0.15, 0.2) is 28.8 Å². The van der Waals surface area contributed by atoms with Crippen LogP contribution in [0.4, 0.5) is 5.82 Å². The molecule has 37 heavy (non-hydrogen) atoms. The fourth-order valence-corrected chi connectivity index (χ4v) is 3.84. The first-order valence-electron chi connectivity index (χ1n) is 12.5. The Hall–Kier alpha value is -3.50. The summed E-state index contributed by atoms with van der Waals surface area (Å²) in [4.78, 5) is 22.6. The standard InChI is InChI=1S/C27H37N5O5/c1-7-8-19-11-20(9-17(4)25(19)36-15-22(34)13-28-24(35)14-33)26-30-27(37-31-26)21-10-18(5)29-23(12-21)32(6)16(2)3/h9-12,16,22,33-34H,7-8,13-15H2,1-6H3,(H,28,35)/t22-/m0/s1. The van der Waals surface area contributed by atoms with Crippen molar-refractivity contribution in [2.45, 2.75) is 59.6 Å². The molecule has 10 heteroatoms. The second-order valence-electron chi connectivity index (χ2n) is 9.44. The van der Waals surface area contributed by atoms with E-state index >= 15 is 0 Å². The van der Waals surface area contributed by atoms with Crippen molar-refractivity contribution >= 4 is 11.7 Å². The van der Waals surface area contributed by atoms with E-state index in [0.717, 1.165) is 46.6 Å². The van der Waals surface area contributed by atoms with E-state index in [2.05, 4.69) is 46.1 Å². The monoisotopic (exact) mass is 511 g/mol. The fourth-order valence-electron chi connectivity index (χ4n) is 3.84. The van der Waals surface area contributed by atoms with Crippen molar-refractivity contribution in [3.63, 3.8) is 0 Å². The Bertz CT molecular complexity index is 1210. The summed E-state index contributed by atoms with van der Waals surface area (Å²) in [6, 6.07) is 8.08. The lowest BCUT2D eigenvalue weighted by molar-refractivity contribution is -0.124. The van der Waals surface area contributed by atoms with Crippen LogP contribution in [-0.4, -0.2) is 70.2 Å². The predicted octanol–water partition coefficient (Wildman–Crippen LogP) is 3.06. The van der Waals surface area contributed by atoms with Gasteiger partial charge < -0.3 is 29.7 Å². The number of carbonyl (C=O) groups is 1. The van der Waals surface area contributed by atoms with Gasteiger partial charge in [-0.05, 0) is 69.5 Å². The summed E-state index contributed by atoms with van der Waals surface area (Å²) in [5.74, 6) is 1.87. The third kappa shape index (κ3) is 7.27. The summed E-state index contributed by atoms with van der Waals surface area (Å²) in [7, 11) is 2.00. The van der Waals surface area contributed by atoms with E-state index in [4.69, 9.17) is 14.4 Å². The number of nitrogens with zero attached hydrogens (tertiary/aromatic N) is 4. The minimum atomic E-state index is -0.910. The number of amides is 1. The maximum absolute atomic E-state index is 11.2. The fraction of sp³-hybridized carbons (Fsp3) is 0.481. The van der Waals surface area contributed by atoms with Gasteiger partial charge in [0, 0.05) is 36.5 Å². The van der Waals surface area contributed by atoms with Gasteiger partial charge in [-0.3, -0.25) is 4.79 Å². The first-order valence-corrected chi connectivity index (χ1v) is 12.5. The van der Waals surface area contributed by atoms with Gasteiger partial charge in [0.25, 0.3) is 5.89 Å². The number of pyridine rings is 1. The van der Waals surface area contributed by atoms with Crippen molar-refractivity contribution in [2.75, 3.05) is 31.7 Å². The number of carbonyl (C=O) groups excluding carboxylic acids is 1. The van der Waals surface area contributed by atoms with Crippen LogP contribution < -0.4 is 15.0 Å². The van der Waals surface area contributed by atoms with Gasteiger partial charge in [-0.25, -0.2) is 4.98 Å². The summed E-state index contributed by atoms with van der Waals surface area (Å²) in [6.45, 7) is 9.53. The topological polar surface area (TPSA) is 134 Å². The first-order chi connectivity index (χ1) is 17.6. The van der Waals surface area contributed by atoms with Gasteiger partial charge in [-0.1, -0.05) is 18.5 Å². The van der Waals surface area contributed by atoms with Crippen LogP contribution >= 0.6 is 0 Å². The lowest BCUT2D eigenvalue weighted by atomic mass is 10.0. The minimum absolute atomic E-state index is 0.00349. The highest BCUT2D eigenvalue weighted by Crippen LogP contribution is 2.32. The molecule has 0 fully saturated rings. The van der Waals surface area contributed by atoms with Crippen molar-refractivity contribution in [2.24, 2.45) is 0 Å². The van der Waals surface area contributed by atoms with Crippen LogP contribution in [0.3, 0.4) is 0 Å². The maximum atomic E-state index is 11.2. The molecule has 0 aliphatic heterocycles. The number of aryl methyl sites for hydroxylation is 3. The Balaban J connectivity index is 1.84. The van der Waals surface area contributed by atoms with Crippen molar-refractivity contribution in [3.05, 3.63) is 41.1 Å². The Morgan fingerprint density at radius 3 is 2.59 bits per heavy atom. The lowest BCUT2D eigenvalue weighted by Crippen LogP contribution is -2.36. The molecule has 0 radical (unpaired) electrons. The van der Waals surface area contributed by atoms with Gasteiger partial charge in [-0.2, -0.15) is 4.98 Å². The van der Waals surface area contributed by atoms with Crippen LogP contribution in [0.2, 0.25) is 0 Å². The van der Waals surface area contributed by atoms with E-state index in [0.29, 0.717) is 23.5 Å². The average Bonchev–Trinajstić information content (AvgIpc) is 3.36. The Morgan fingerprint density at radius 2 is 1.92 bits per heavy atom. The van der Waals surface area contributed by atoms with Crippen molar-refractivity contribution in [1.29, 1.82) is 0 Å². The summed E-state index contributed by atoms with van der Waals surface area (Å²) in [6.07, 6.45) is 0.752. The number of aromatic nitrogens is 3. The number of rotatable bonds is 12. The molecule has 0 spiro atoms. The second kappa shape index (κ2) is 12.6. The summed E-state index contributed by atoms with van der Waals surface area (Å²) >= 11 is 0. The van der Waals surface area contributed by atoms with Crippen LogP contribution in [0.5, 0.6) is 5.75 Å². The molecule has 200 valence electrons. The summed E-state index contributed by atoms with van der Waals surface area (Å²) < 4.78 is 11.6. The Morgan fingerprint density at radius 1 is 1.16 bits per heavy atom. The molecule has 3 rings (SSSR count). The molecule has 3 aromatic rings. The maximum Gasteiger partial charge on any atom is 0.258 e. The van der Waals surface area contributed by atoms with Crippen LogP contribution in [0.25, 0.3) is 22.8 Å². The van der Waals surface area contributed by atoms with E-state index in [9.17, 15) is 9.90 Å². The molecule has 1 aromatic carbocycles. The SMILES string of the molecule is CCCc1cc(-c2noc(-c3cc(C)nc(N(C)C(C)C)c3)n2)cc(C)c1OC[C@@H](O)CNC(=O)CO. The van der Waals surface area contributed by atoms with Crippen LogP contribution in [-0.2, 0) is 11.2 Å². The van der Waals surface area contributed by atoms with Gasteiger partial charge in [-0.15, -0.1) is 0 Å². The van der Waals surface area contributed by atoms with Gasteiger partial charge in [0.05, 0.1) is 0 Å². The van der Waals surface area contributed by atoms with Crippen molar-refractivity contribution in [1.82, 2.24) is 20.4 Å². The number of hydrogen-bond donors (Lipinski definition) is 3. The summed E-state index contributed by atoms with van der Waals surface area (Å²) in [5.41, 5.74) is 4.32. The van der Waals surface area contributed by atoms with E-state index in [-0.39, 0.29) is 13.2 Å². The number of aliphatic hydroxyl groups is 2. The quantitative estimate of drug-likeness (QED) is 0.335. The van der Waals surface area contributed by atoms with Crippen molar-refractivity contribution < 1.29 is 24.3 Å². The van der Waals surface area contributed by atoms with Gasteiger partial charge >= 0.3 is 0 Å². The number of aliphatic hydroxyl groups excluding tert-OH is 2. The molecule has 3 N–H and O–H groups in total. The molecule has 0 saturated carbocycles. The van der Waals surface area contributed by atoms with Gasteiger partial charge in [0.2, 0.25) is 11.7 Å². The molecular weight excluding hydrogens is 474 g/mol. The van der Waals surface area contributed by atoms with E-state index in [1.165, 1.54) is 0 Å². The summed E-state index contributed by atoms with van der Waals surface area (Å²) in [5, 5.41) is 25.6. The molecule has 0 aliphatic rings. The van der Waals surface area contributed by atoms with Crippen LogP contribution in [0.1, 0.15) is 44.0 Å². The Labute approximate surface area is 217 Å². The lowest BCUT2D eigenvalue weighted by Gasteiger charge is -2.23. The first kappa shape index (κ1) is 28.1. The molecule has 1 amide bonds.